The second-order valence-electron chi connectivity index (χ2n) is 3.58. The van der Waals surface area contributed by atoms with Crippen molar-refractivity contribution in [2.24, 2.45) is 0 Å². The van der Waals surface area contributed by atoms with Gasteiger partial charge in [-0.15, -0.1) is 0 Å². The van der Waals surface area contributed by atoms with Gasteiger partial charge in [-0.1, -0.05) is 17.7 Å². The highest BCUT2D eigenvalue weighted by atomic mass is 35.5. The third-order valence-corrected chi connectivity index (χ3v) is 3.86. The van der Waals surface area contributed by atoms with Crippen molar-refractivity contribution in [2.45, 2.75) is 13.8 Å². The van der Waals surface area contributed by atoms with Crippen LogP contribution in [-0.2, 0) is 10.0 Å². The highest BCUT2D eigenvalue weighted by Crippen LogP contribution is 2.24. The third kappa shape index (κ3) is 4.93. The van der Waals surface area contributed by atoms with Crippen LogP contribution in [0.4, 0.5) is 0 Å². The van der Waals surface area contributed by atoms with Gasteiger partial charge >= 0.3 is 0 Å². The SMILES string of the molecule is CCS(=O)(=O)NCCOc1cc(C)ccc1Cl. The van der Waals surface area contributed by atoms with E-state index < -0.39 is 10.0 Å². The third-order valence-electron chi connectivity index (χ3n) is 2.15. The maximum atomic E-state index is 11.1. The van der Waals surface area contributed by atoms with Crippen molar-refractivity contribution >= 4 is 21.6 Å². The number of aryl methyl sites for hydroxylation is 1. The van der Waals surface area contributed by atoms with E-state index in [2.05, 4.69) is 4.72 Å². The Labute approximate surface area is 107 Å². The molecule has 0 radical (unpaired) electrons. The summed E-state index contributed by atoms with van der Waals surface area (Å²) in [5.74, 6) is 0.639. The minimum Gasteiger partial charge on any atom is -0.491 e. The van der Waals surface area contributed by atoms with E-state index in [0.717, 1.165) is 5.56 Å². The first-order chi connectivity index (χ1) is 7.94. The molecule has 1 N–H and O–H groups in total. The van der Waals surface area contributed by atoms with Gasteiger partial charge < -0.3 is 4.74 Å². The Morgan fingerprint density at radius 1 is 1.41 bits per heavy atom. The van der Waals surface area contributed by atoms with Crippen molar-refractivity contribution in [3.05, 3.63) is 28.8 Å². The first kappa shape index (κ1) is 14.3. The topological polar surface area (TPSA) is 55.4 Å². The van der Waals surface area contributed by atoms with Gasteiger partial charge in [-0.05, 0) is 31.5 Å². The predicted octanol–water partition coefficient (Wildman–Crippen LogP) is 1.97. The Morgan fingerprint density at radius 2 is 2.12 bits per heavy atom. The summed E-state index contributed by atoms with van der Waals surface area (Å²) in [6.45, 7) is 4.01. The summed E-state index contributed by atoms with van der Waals surface area (Å²) < 4.78 is 30.1. The van der Waals surface area contributed by atoms with E-state index in [1.807, 2.05) is 19.1 Å². The molecule has 0 fully saturated rings. The second kappa shape index (κ2) is 6.23. The number of halogens is 1. The summed E-state index contributed by atoms with van der Waals surface area (Å²) in [6.07, 6.45) is 0. The highest BCUT2D eigenvalue weighted by molar-refractivity contribution is 7.89. The molecule has 0 saturated carbocycles. The molecular weight excluding hydrogens is 262 g/mol. The van der Waals surface area contributed by atoms with E-state index >= 15 is 0 Å². The smallest absolute Gasteiger partial charge is 0.211 e. The Balaban J connectivity index is 2.44. The van der Waals surface area contributed by atoms with Gasteiger partial charge in [0.2, 0.25) is 10.0 Å². The zero-order valence-electron chi connectivity index (χ0n) is 9.86. The van der Waals surface area contributed by atoms with Gasteiger partial charge in [0.1, 0.15) is 12.4 Å². The zero-order chi connectivity index (χ0) is 12.9. The van der Waals surface area contributed by atoms with Crippen molar-refractivity contribution in [3.8, 4) is 5.75 Å². The number of benzene rings is 1. The van der Waals surface area contributed by atoms with Crippen molar-refractivity contribution in [1.82, 2.24) is 4.72 Å². The van der Waals surface area contributed by atoms with E-state index in [1.165, 1.54) is 0 Å². The quantitative estimate of drug-likeness (QED) is 0.809. The molecule has 0 saturated heterocycles. The average Bonchev–Trinajstić information content (AvgIpc) is 2.29. The normalized spacial score (nSPS) is 11.5. The van der Waals surface area contributed by atoms with E-state index in [-0.39, 0.29) is 18.9 Å². The average molecular weight is 278 g/mol. The maximum absolute atomic E-state index is 11.1. The molecule has 0 spiro atoms. The van der Waals surface area contributed by atoms with Gasteiger partial charge in [0.15, 0.2) is 0 Å². The molecule has 0 amide bonds. The summed E-state index contributed by atoms with van der Waals surface area (Å²) in [6, 6.07) is 5.45. The first-order valence-corrected chi connectivity index (χ1v) is 7.34. The molecule has 0 aliphatic carbocycles. The van der Waals surface area contributed by atoms with Crippen LogP contribution < -0.4 is 9.46 Å². The molecule has 0 unspecified atom stereocenters. The molecule has 1 rings (SSSR count). The lowest BCUT2D eigenvalue weighted by molar-refractivity contribution is 0.323. The fourth-order valence-corrected chi connectivity index (χ4v) is 1.95. The van der Waals surface area contributed by atoms with Crippen molar-refractivity contribution in [1.29, 1.82) is 0 Å². The summed E-state index contributed by atoms with van der Waals surface area (Å²) >= 11 is 5.93. The minimum atomic E-state index is -3.16. The predicted molar refractivity (Wildman–Crippen MR) is 69.1 cm³/mol. The van der Waals surface area contributed by atoms with E-state index in [4.69, 9.17) is 16.3 Å². The molecule has 17 heavy (non-hydrogen) atoms. The molecule has 0 bridgehead atoms. The molecular formula is C11H16ClNO3S. The highest BCUT2D eigenvalue weighted by Gasteiger charge is 2.06. The van der Waals surface area contributed by atoms with Crippen LogP contribution in [0.3, 0.4) is 0 Å². The van der Waals surface area contributed by atoms with Gasteiger partial charge in [-0.25, -0.2) is 13.1 Å². The molecule has 96 valence electrons. The lowest BCUT2D eigenvalue weighted by atomic mass is 10.2. The molecule has 4 nitrogen and oxygen atoms in total. The molecule has 6 heteroatoms. The van der Waals surface area contributed by atoms with Crippen LogP contribution in [0.25, 0.3) is 0 Å². The molecule has 1 aromatic rings. The Morgan fingerprint density at radius 3 is 2.76 bits per heavy atom. The Bertz CT molecular complexity index is 474. The molecule has 0 aliphatic rings. The van der Waals surface area contributed by atoms with Crippen molar-refractivity contribution in [2.75, 3.05) is 18.9 Å². The second-order valence-corrected chi connectivity index (χ2v) is 6.08. The summed E-state index contributed by atoms with van der Waals surface area (Å²) in [5, 5.41) is 0.522. The van der Waals surface area contributed by atoms with E-state index in [1.54, 1.807) is 13.0 Å². The van der Waals surface area contributed by atoms with Gasteiger partial charge in [0.25, 0.3) is 0 Å². The van der Waals surface area contributed by atoms with Crippen molar-refractivity contribution < 1.29 is 13.2 Å². The number of nitrogens with one attached hydrogen (secondary N) is 1. The van der Waals surface area contributed by atoms with Crippen molar-refractivity contribution in [3.63, 3.8) is 0 Å². The van der Waals surface area contributed by atoms with Crippen LogP contribution in [0, 0.1) is 6.92 Å². The van der Waals surface area contributed by atoms with Crippen LogP contribution in [0.2, 0.25) is 5.02 Å². The standard InChI is InChI=1S/C11H16ClNO3S/c1-3-17(14,15)13-6-7-16-11-8-9(2)4-5-10(11)12/h4-5,8,13H,3,6-7H2,1-2H3. The minimum absolute atomic E-state index is 0.0677. The summed E-state index contributed by atoms with van der Waals surface area (Å²) in [7, 11) is -3.16. The van der Waals surface area contributed by atoms with Crippen LogP contribution >= 0.6 is 11.6 Å². The van der Waals surface area contributed by atoms with E-state index in [9.17, 15) is 8.42 Å². The van der Waals surface area contributed by atoms with E-state index in [0.29, 0.717) is 10.8 Å². The van der Waals surface area contributed by atoms with Crippen LogP contribution in [0.1, 0.15) is 12.5 Å². The summed E-state index contributed by atoms with van der Waals surface area (Å²) in [4.78, 5) is 0. The number of rotatable bonds is 6. The molecule has 1 aromatic carbocycles. The van der Waals surface area contributed by atoms with Crippen LogP contribution in [0.15, 0.2) is 18.2 Å². The van der Waals surface area contributed by atoms with Crippen LogP contribution in [-0.4, -0.2) is 27.3 Å². The fraction of sp³-hybridized carbons (Fsp3) is 0.455. The largest absolute Gasteiger partial charge is 0.491 e. The van der Waals surface area contributed by atoms with Gasteiger partial charge in [-0.2, -0.15) is 0 Å². The molecule has 0 aromatic heterocycles. The van der Waals surface area contributed by atoms with Crippen LogP contribution in [0.5, 0.6) is 5.75 Å². The maximum Gasteiger partial charge on any atom is 0.211 e. The van der Waals surface area contributed by atoms with Gasteiger partial charge in [-0.3, -0.25) is 0 Å². The lowest BCUT2D eigenvalue weighted by Crippen LogP contribution is -2.29. The number of hydrogen-bond donors (Lipinski definition) is 1. The number of ether oxygens (including phenoxy) is 1. The molecule has 0 atom stereocenters. The first-order valence-electron chi connectivity index (χ1n) is 5.31. The number of sulfonamides is 1. The Hall–Kier alpha value is -0.780. The van der Waals surface area contributed by atoms with Gasteiger partial charge in [0.05, 0.1) is 10.8 Å². The molecule has 0 aliphatic heterocycles. The molecule has 0 heterocycles. The number of hydrogen-bond acceptors (Lipinski definition) is 3. The Kier molecular flexibility index (Phi) is 5.24. The lowest BCUT2D eigenvalue weighted by Gasteiger charge is -2.09. The zero-order valence-corrected chi connectivity index (χ0v) is 11.4. The monoisotopic (exact) mass is 277 g/mol. The fourth-order valence-electron chi connectivity index (χ4n) is 1.18. The van der Waals surface area contributed by atoms with Gasteiger partial charge in [0, 0.05) is 6.54 Å². The summed E-state index contributed by atoms with van der Waals surface area (Å²) in [5.41, 5.74) is 1.04.